The van der Waals surface area contributed by atoms with Crippen molar-refractivity contribution in [1.82, 2.24) is 4.98 Å². The zero-order valence-corrected chi connectivity index (χ0v) is 8.89. The lowest BCUT2D eigenvalue weighted by Crippen LogP contribution is -2.30. The summed E-state index contributed by atoms with van der Waals surface area (Å²) in [5.74, 6) is 0.833. The molecule has 2 bridgehead atoms. The Balaban J connectivity index is 1.68. The molecule has 0 saturated carbocycles. The SMILES string of the molecule is N#Cc1ccc(N[C@@H]2C[C@H]3CC[C@@H]2O3)nc1. The lowest BCUT2D eigenvalue weighted by atomic mass is 9.95. The summed E-state index contributed by atoms with van der Waals surface area (Å²) in [6, 6.07) is 6.08. The molecule has 2 aliphatic heterocycles. The molecular weight excluding hydrogens is 202 g/mol. The monoisotopic (exact) mass is 215 g/mol. The van der Waals surface area contributed by atoms with Gasteiger partial charge in [-0.1, -0.05) is 0 Å². The minimum absolute atomic E-state index is 0.349. The summed E-state index contributed by atoms with van der Waals surface area (Å²) in [7, 11) is 0. The molecular formula is C12H13N3O. The van der Waals surface area contributed by atoms with E-state index in [1.54, 1.807) is 12.3 Å². The van der Waals surface area contributed by atoms with E-state index in [1.165, 1.54) is 6.42 Å². The van der Waals surface area contributed by atoms with Crippen LogP contribution in [0.5, 0.6) is 0 Å². The molecule has 0 radical (unpaired) electrons. The van der Waals surface area contributed by atoms with E-state index in [2.05, 4.69) is 16.4 Å². The van der Waals surface area contributed by atoms with Crippen molar-refractivity contribution in [3.8, 4) is 6.07 Å². The molecule has 0 unspecified atom stereocenters. The summed E-state index contributed by atoms with van der Waals surface area (Å²) in [6.45, 7) is 0. The smallest absolute Gasteiger partial charge is 0.126 e. The third-order valence-corrected chi connectivity index (χ3v) is 3.33. The van der Waals surface area contributed by atoms with Gasteiger partial charge in [-0.15, -0.1) is 0 Å². The molecule has 1 aromatic heterocycles. The fourth-order valence-corrected chi connectivity index (χ4v) is 2.53. The molecule has 16 heavy (non-hydrogen) atoms. The van der Waals surface area contributed by atoms with Crippen LogP contribution in [-0.4, -0.2) is 23.2 Å². The number of nitrogens with zero attached hydrogens (tertiary/aromatic N) is 2. The number of pyridine rings is 1. The molecule has 0 aliphatic carbocycles. The molecule has 82 valence electrons. The second kappa shape index (κ2) is 3.76. The van der Waals surface area contributed by atoms with E-state index in [1.807, 2.05) is 6.07 Å². The average molecular weight is 215 g/mol. The van der Waals surface area contributed by atoms with Gasteiger partial charge < -0.3 is 10.1 Å². The number of hydrogen-bond donors (Lipinski definition) is 1. The highest BCUT2D eigenvalue weighted by Gasteiger charge is 2.40. The minimum Gasteiger partial charge on any atom is -0.373 e. The van der Waals surface area contributed by atoms with Crippen LogP contribution in [0.2, 0.25) is 0 Å². The van der Waals surface area contributed by atoms with Gasteiger partial charge in [-0.05, 0) is 31.4 Å². The van der Waals surface area contributed by atoms with Crippen molar-refractivity contribution in [3.05, 3.63) is 23.9 Å². The molecule has 1 N–H and O–H groups in total. The standard InChI is InChI=1S/C12H13N3O/c13-6-8-1-4-12(14-7-8)15-10-5-9-2-3-11(10)16-9/h1,4,7,9-11H,2-3,5H2,(H,14,15)/t9-,10-,11+/m1/s1. The summed E-state index contributed by atoms with van der Waals surface area (Å²) in [5, 5.41) is 12.0. The number of fused-ring (bicyclic) bond motifs is 2. The van der Waals surface area contributed by atoms with E-state index in [9.17, 15) is 0 Å². The third-order valence-electron chi connectivity index (χ3n) is 3.33. The van der Waals surface area contributed by atoms with Crippen LogP contribution in [0.25, 0.3) is 0 Å². The Bertz CT molecular complexity index is 423. The number of rotatable bonds is 2. The first-order valence-electron chi connectivity index (χ1n) is 5.63. The molecule has 2 fully saturated rings. The van der Waals surface area contributed by atoms with Crippen LogP contribution >= 0.6 is 0 Å². The predicted molar refractivity (Wildman–Crippen MR) is 58.9 cm³/mol. The van der Waals surface area contributed by atoms with Gasteiger partial charge in [0, 0.05) is 6.20 Å². The highest BCUT2D eigenvalue weighted by Crippen LogP contribution is 2.35. The van der Waals surface area contributed by atoms with E-state index < -0.39 is 0 Å². The van der Waals surface area contributed by atoms with Gasteiger partial charge in [0.15, 0.2) is 0 Å². The van der Waals surface area contributed by atoms with E-state index in [-0.39, 0.29) is 0 Å². The van der Waals surface area contributed by atoms with Crippen molar-refractivity contribution < 1.29 is 4.74 Å². The van der Waals surface area contributed by atoms with Crippen LogP contribution in [0.1, 0.15) is 24.8 Å². The van der Waals surface area contributed by atoms with Gasteiger partial charge in [0.05, 0.1) is 23.8 Å². The third kappa shape index (κ3) is 1.63. The van der Waals surface area contributed by atoms with Gasteiger partial charge in [-0.2, -0.15) is 5.26 Å². The van der Waals surface area contributed by atoms with Crippen molar-refractivity contribution in [3.63, 3.8) is 0 Å². The number of anilines is 1. The first kappa shape index (κ1) is 9.61. The lowest BCUT2D eigenvalue weighted by Gasteiger charge is -2.20. The molecule has 3 rings (SSSR count). The fourth-order valence-electron chi connectivity index (χ4n) is 2.53. The molecule has 0 aromatic carbocycles. The van der Waals surface area contributed by atoms with Crippen molar-refractivity contribution in [2.75, 3.05) is 5.32 Å². The fraction of sp³-hybridized carbons (Fsp3) is 0.500. The summed E-state index contributed by atoms with van der Waals surface area (Å²) in [6.07, 6.45) is 5.81. The largest absolute Gasteiger partial charge is 0.373 e. The summed E-state index contributed by atoms with van der Waals surface area (Å²) >= 11 is 0. The Morgan fingerprint density at radius 3 is 2.94 bits per heavy atom. The molecule has 4 nitrogen and oxygen atoms in total. The first-order valence-corrected chi connectivity index (χ1v) is 5.63. The van der Waals surface area contributed by atoms with Gasteiger partial charge in [-0.3, -0.25) is 0 Å². The predicted octanol–water partition coefficient (Wildman–Crippen LogP) is 1.69. The zero-order chi connectivity index (χ0) is 11.0. The minimum atomic E-state index is 0.349. The normalized spacial score (nSPS) is 31.3. The zero-order valence-electron chi connectivity index (χ0n) is 8.89. The molecule has 0 amide bonds. The maximum Gasteiger partial charge on any atom is 0.126 e. The number of nitrogens with one attached hydrogen (secondary N) is 1. The van der Waals surface area contributed by atoms with Crippen LogP contribution in [0, 0.1) is 11.3 Å². The van der Waals surface area contributed by atoms with E-state index in [0.717, 1.165) is 18.7 Å². The second-order valence-corrected chi connectivity index (χ2v) is 4.40. The molecule has 2 saturated heterocycles. The Morgan fingerprint density at radius 2 is 2.38 bits per heavy atom. The van der Waals surface area contributed by atoms with E-state index >= 15 is 0 Å². The van der Waals surface area contributed by atoms with Gasteiger partial charge >= 0.3 is 0 Å². The Kier molecular flexibility index (Phi) is 2.26. The topological polar surface area (TPSA) is 57.9 Å². The number of aromatic nitrogens is 1. The number of nitriles is 1. The molecule has 4 heteroatoms. The second-order valence-electron chi connectivity index (χ2n) is 4.40. The number of ether oxygens (including phenoxy) is 1. The van der Waals surface area contributed by atoms with Gasteiger partial charge in [-0.25, -0.2) is 4.98 Å². The van der Waals surface area contributed by atoms with Crippen molar-refractivity contribution in [2.45, 2.75) is 37.5 Å². The summed E-state index contributed by atoms with van der Waals surface area (Å²) < 4.78 is 5.76. The van der Waals surface area contributed by atoms with Gasteiger partial charge in [0.25, 0.3) is 0 Å². The lowest BCUT2D eigenvalue weighted by molar-refractivity contribution is 0.102. The Morgan fingerprint density at radius 1 is 1.44 bits per heavy atom. The van der Waals surface area contributed by atoms with E-state index in [0.29, 0.717) is 23.8 Å². The maximum atomic E-state index is 8.67. The van der Waals surface area contributed by atoms with Gasteiger partial charge in [0.1, 0.15) is 11.9 Å². The van der Waals surface area contributed by atoms with Crippen LogP contribution in [0.15, 0.2) is 18.3 Å². The quantitative estimate of drug-likeness (QED) is 0.815. The molecule has 2 aliphatic rings. The van der Waals surface area contributed by atoms with Crippen LogP contribution in [0.4, 0.5) is 5.82 Å². The van der Waals surface area contributed by atoms with Crippen LogP contribution in [0.3, 0.4) is 0 Å². The van der Waals surface area contributed by atoms with Gasteiger partial charge in [0.2, 0.25) is 0 Å². The van der Waals surface area contributed by atoms with Crippen molar-refractivity contribution >= 4 is 5.82 Å². The maximum absolute atomic E-state index is 8.67. The van der Waals surface area contributed by atoms with Crippen molar-refractivity contribution in [1.29, 1.82) is 5.26 Å². The highest BCUT2D eigenvalue weighted by molar-refractivity contribution is 5.40. The average Bonchev–Trinajstić information content (AvgIpc) is 2.92. The summed E-state index contributed by atoms with van der Waals surface area (Å²) in [4.78, 5) is 4.21. The summed E-state index contributed by atoms with van der Waals surface area (Å²) in [5.41, 5.74) is 0.592. The Hall–Kier alpha value is -1.60. The number of hydrogen-bond acceptors (Lipinski definition) is 4. The first-order chi connectivity index (χ1) is 7.85. The highest BCUT2D eigenvalue weighted by atomic mass is 16.5. The van der Waals surface area contributed by atoms with E-state index in [4.69, 9.17) is 10.00 Å². The van der Waals surface area contributed by atoms with Crippen LogP contribution in [-0.2, 0) is 4.74 Å². The van der Waals surface area contributed by atoms with Crippen molar-refractivity contribution in [2.24, 2.45) is 0 Å². The molecule has 3 heterocycles. The Labute approximate surface area is 94.2 Å². The molecule has 3 atom stereocenters. The molecule has 1 aromatic rings. The molecule has 0 spiro atoms. The van der Waals surface area contributed by atoms with Crippen LogP contribution < -0.4 is 5.32 Å².